The molecule has 0 saturated carbocycles. The number of nitrogens with two attached hydrogens (primary N) is 1. The second-order valence-electron chi connectivity index (χ2n) is 3.81. The van der Waals surface area contributed by atoms with E-state index in [1.807, 2.05) is 13.8 Å². The Morgan fingerprint density at radius 2 is 1.87 bits per heavy atom. The van der Waals surface area contributed by atoms with Gasteiger partial charge < -0.3 is 5.73 Å². The molecule has 2 N–H and O–H groups in total. The Kier molecular flexibility index (Phi) is 6.76. The smallest absolute Gasteiger partial charge is 0.150 e. The first-order valence-electron chi connectivity index (χ1n) is 5.39. The van der Waals surface area contributed by atoms with E-state index in [9.17, 15) is 13.2 Å². The lowest BCUT2D eigenvalue weighted by atomic mass is 10.1. The Morgan fingerprint density at radius 1 is 1.27 bits per heavy atom. The largest absolute Gasteiger partial charge is 0.327 e. The molecule has 1 unspecified atom stereocenters. The zero-order valence-electron chi connectivity index (χ0n) is 9.53. The number of hydrogen-bond acceptors (Lipinski definition) is 4. The van der Waals surface area contributed by atoms with Crippen molar-refractivity contribution in [2.75, 3.05) is 11.5 Å². The number of hydrogen-bond donors (Lipinski definition) is 1. The zero-order chi connectivity index (χ0) is 11.9. The van der Waals surface area contributed by atoms with Crippen LogP contribution in [-0.2, 0) is 14.6 Å². The van der Waals surface area contributed by atoms with Gasteiger partial charge in [-0.2, -0.15) is 0 Å². The highest BCUT2D eigenvalue weighted by Crippen LogP contribution is 2.02. The van der Waals surface area contributed by atoms with E-state index < -0.39 is 9.84 Å². The molecule has 0 fully saturated rings. The summed E-state index contributed by atoms with van der Waals surface area (Å²) < 4.78 is 22.6. The molecule has 0 heterocycles. The molecule has 90 valence electrons. The predicted octanol–water partition coefficient (Wildman–Crippen LogP) is 0.898. The zero-order valence-corrected chi connectivity index (χ0v) is 10.3. The lowest BCUT2D eigenvalue weighted by Crippen LogP contribution is -2.24. The van der Waals surface area contributed by atoms with Gasteiger partial charge in [0.25, 0.3) is 0 Å². The average Bonchev–Trinajstić information content (AvgIpc) is 2.15. The average molecular weight is 235 g/mol. The summed E-state index contributed by atoms with van der Waals surface area (Å²) >= 11 is 0. The molecule has 0 amide bonds. The fraction of sp³-hybridized carbons (Fsp3) is 0.900. The molecule has 0 aliphatic carbocycles. The molecular formula is C10H21NO3S. The summed E-state index contributed by atoms with van der Waals surface area (Å²) in [5, 5.41) is 0. The molecule has 1 atom stereocenters. The fourth-order valence-corrected chi connectivity index (χ4v) is 2.59. The monoisotopic (exact) mass is 235 g/mol. The summed E-state index contributed by atoms with van der Waals surface area (Å²) in [5.41, 5.74) is 5.60. The van der Waals surface area contributed by atoms with Gasteiger partial charge in [0.05, 0.1) is 5.75 Å². The molecule has 15 heavy (non-hydrogen) atoms. The van der Waals surface area contributed by atoms with Crippen LogP contribution in [0.3, 0.4) is 0 Å². The van der Waals surface area contributed by atoms with E-state index in [1.165, 1.54) is 0 Å². The highest BCUT2D eigenvalue weighted by molar-refractivity contribution is 7.91. The van der Waals surface area contributed by atoms with Crippen molar-refractivity contribution in [3.05, 3.63) is 0 Å². The number of rotatable bonds is 8. The molecule has 5 heteroatoms. The van der Waals surface area contributed by atoms with Crippen LogP contribution in [0, 0.1) is 0 Å². The molecule has 0 aliphatic heterocycles. The molecule has 0 spiro atoms. The van der Waals surface area contributed by atoms with Gasteiger partial charge in [0.2, 0.25) is 0 Å². The third-order valence-electron chi connectivity index (χ3n) is 2.22. The molecule has 0 aromatic carbocycles. The van der Waals surface area contributed by atoms with E-state index in [0.717, 1.165) is 6.42 Å². The summed E-state index contributed by atoms with van der Waals surface area (Å²) in [5.74, 6) is 0.0833. The predicted molar refractivity (Wildman–Crippen MR) is 61.5 cm³/mol. The van der Waals surface area contributed by atoms with Gasteiger partial charge in [-0.05, 0) is 12.8 Å². The summed E-state index contributed by atoms with van der Waals surface area (Å²) in [4.78, 5) is 11.3. The summed E-state index contributed by atoms with van der Waals surface area (Å²) in [7, 11) is -3.03. The van der Waals surface area contributed by atoms with E-state index in [-0.39, 0.29) is 36.2 Å². The van der Waals surface area contributed by atoms with Crippen molar-refractivity contribution in [2.45, 2.75) is 45.6 Å². The Labute approximate surface area is 92.2 Å². The Hall–Kier alpha value is -0.420. The molecule has 0 bridgehead atoms. The van der Waals surface area contributed by atoms with Crippen LogP contribution < -0.4 is 5.73 Å². The summed E-state index contributed by atoms with van der Waals surface area (Å²) in [6.07, 6.45) is 1.74. The van der Waals surface area contributed by atoms with Gasteiger partial charge in [0.1, 0.15) is 5.78 Å². The summed E-state index contributed by atoms with van der Waals surface area (Å²) in [6.45, 7) is 3.72. The minimum Gasteiger partial charge on any atom is -0.327 e. The molecule has 0 aromatic rings. The van der Waals surface area contributed by atoms with Crippen molar-refractivity contribution in [1.82, 2.24) is 0 Å². The van der Waals surface area contributed by atoms with Gasteiger partial charge in [0, 0.05) is 24.6 Å². The van der Waals surface area contributed by atoms with E-state index in [2.05, 4.69) is 0 Å². The topological polar surface area (TPSA) is 77.2 Å². The molecule has 0 radical (unpaired) electrons. The van der Waals surface area contributed by atoms with Crippen molar-refractivity contribution in [1.29, 1.82) is 0 Å². The standard InChI is InChI=1S/C10H21NO3S/c1-3-6-15(13,14)7-5-10(12)8-9(11)4-2/h9H,3-8,11H2,1-2H3. The third-order valence-corrected chi connectivity index (χ3v) is 4.08. The second-order valence-corrected chi connectivity index (χ2v) is 6.12. The maximum Gasteiger partial charge on any atom is 0.150 e. The van der Waals surface area contributed by atoms with Crippen LogP contribution in [0.1, 0.15) is 39.5 Å². The van der Waals surface area contributed by atoms with E-state index in [4.69, 9.17) is 5.73 Å². The lowest BCUT2D eigenvalue weighted by molar-refractivity contribution is -0.119. The van der Waals surface area contributed by atoms with Gasteiger partial charge in [-0.3, -0.25) is 4.79 Å². The van der Waals surface area contributed by atoms with Crippen molar-refractivity contribution in [3.8, 4) is 0 Å². The van der Waals surface area contributed by atoms with Crippen LogP contribution in [0.2, 0.25) is 0 Å². The molecule has 0 saturated heterocycles. The van der Waals surface area contributed by atoms with Crippen LogP contribution in [0.5, 0.6) is 0 Å². The third kappa shape index (κ3) is 7.50. The Bertz CT molecular complexity index is 285. The van der Waals surface area contributed by atoms with Crippen LogP contribution in [0.15, 0.2) is 0 Å². The van der Waals surface area contributed by atoms with Crippen LogP contribution in [-0.4, -0.2) is 31.7 Å². The number of carbonyl (C=O) groups excluding carboxylic acids is 1. The number of sulfone groups is 1. The lowest BCUT2D eigenvalue weighted by Gasteiger charge is -2.07. The van der Waals surface area contributed by atoms with Gasteiger partial charge in [-0.15, -0.1) is 0 Å². The maximum atomic E-state index is 11.3. The normalized spacial score (nSPS) is 13.8. The second kappa shape index (κ2) is 6.95. The maximum absolute atomic E-state index is 11.3. The Morgan fingerprint density at radius 3 is 2.33 bits per heavy atom. The number of ketones is 1. The number of Topliss-reactive ketones (excluding diaryl/α,β-unsaturated/α-hetero) is 1. The molecular weight excluding hydrogens is 214 g/mol. The van der Waals surface area contributed by atoms with Gasteiger partial charge >= 0.3 is 0 Å². The first-order chi connectivity index (χ1) is 6.91. The minimum atomic E-state index is -3.03. The van der Waals surface area contributed by atoms with Crippen LogP contribution in [0.4, 0.5) is 0 Å². The van der Waals surface area contributed by atoms with Gasteiger partial charge in [-0.1, -0.05) is 13.8 Å². The van der Waals surface area contributed by atoms with Crippen molar-refractivity contribution in [3.63, 3.8) is 0 Å². The SMILES string of the molecule is CCCS(=O)(=O)CCC(=O)CC(N)CC. The molecule has 4 nitrogen and oxygen atoms in total. The Balaban J connectivity index is 3.90. The van der Waals surface area contributed by atoms with E-state index in [0.29, 0.717) is 6.42 Å². The molecule has 0 rings (SSSR count). The fourth-order valence-electron chi connectivity index (χ4n) is 1.22. The first-order valence-corrected chi connectivity index (χ1v) is 7.21. The van der Waals surface area contributed by atoms with Crippen molar-refractivity contribution in [2.24, 2.45) is 5.73 Å². The molecule has 0 aromatic heterocycles. The number of carbonyl (C=O) groups is 1. The molecule has 0 aliphatic rings. The quantitative estimate of drug-likeness (QED) is 0.678. The van der Waals surface area contributed by atoms with Crippen LogP contribution in [0.25, 0.3) is 0 Å². The first kappa shape index (κ1) is 14.6. The highest BCUT2D eigenvalue weighted by atomic mass is 32.2. The van der Waals surface area contributed by atoms with Crippen molar-refractivity contribution < 1.29 is 13.2 Å². The van der Waals surface area contributed by atoms with Gasteiger partial charge in [0.15, 0.2) is 9.84 Å². The van der Waals surface area contributed by atoms with Crippen molar-refractivity contribution >= 4 is 15.6 Å². The van der Waals surface area contributed by atoms with Crippen LogP contribution >= 0.6 is 0 Å². The summed E-state index contributed by atoms with van der Waals surface area (Å²) in [6, 6.07) is -0.133. The van der Waals surface area contributed by atoms with Gasteiger partial charge in [-0.25, -0.2) is 8.42 Å². The minimum absolute atomic E-state index is 0.0316. The van der Waals surface area contributed by atoms with E-state index >= 15 is 0 Å². The highest BCUT2D eigenvalue weighted by Gasteiger charge is 2.14. The van der Waals surface area contributed by atoms with E-state index in [1.54, 1.807) is 0 Å².